The molecular weight excluding hydrogens is 290 g/mol. The Kier molecular flexibility index (Phi) is 4.57. The number of carbonyl (C=O) groups is 1. The number of rotatable bonds is 6. The third-order valence-corrected chi connectivity index (χ3v) is 3.70. The van der Waals surface area contributed by atoms with E-state index in [0.717, 1.165) is 18.5 Å². The first-order valence-electron chi connectivity index (χ1n) is 7.66. The van der Waals surface area contributed by atoms with Gasteiger partial charge in [0.2, 0.25) is 0 Å². The van der Waals surface area contributed by atoms with Gasteiger partial charge in [-0.25, -0.2) is 0 Å². The van der Waals surface area contributed by atoms with Gasteiger partial charge in [0.1, 0.15) is 5.69 Å². The number of aromatic nitrogens is 2. The average molecular weight is 309 g/mol. The molecule has 5 heteroatoms. The average Bonchev–Trinajstić information content (AvgIpc) is 3.21. The van der Waals surface area contributed by atoms with E-state index in [9.17, 15) is 4.79 Å². The lowest BCUT2D eigenvalue weighted by atomic mass is 10.1. The Bertz CT molecular complexity index is 761. The molecule has 5 nitrogen and oxygen atoms in total. The van der Waals surface area contributed by atoms with Gasteiger partial charge in [0.25, 0.3) is 5.91 Å². The Balaban J connectivity index is 1.60. The highest BCUT2D eigenvalue weighted by Crippen LogP contribution is 2.23. The fraction of sp³-hybridized carbons (Fsp3) is 0.222. The van der Waals surface area contributed by atoms with Crippen LogP contribution < -0.4 is 5.32 Å². The standard InChI is InChI=1S/C18H19N3O2/c1-13-16(17(21-20-13)15-10-6-12-23-15)18(22)19-11-5-9-14-7-3-2-4-8-14/h2-4,6-8,10,12H,5,9,11H2,1H3,(H,19,22)(H,20,21). The Hall–Kier alpha value is -2.82. The van der Waals surface area contributed by atoms with Crippen LogP contribution in [0.15, 0.2) is 53.1 Å². The van der Waals surface area contributed by atoms with Crippen molar-refractivity contribution >= 4 is 5.91 Å². The molecule has 3 rings (SSSR count). The number of H-pyrrole nitrogens is 1. The lowest BCUT2D eigenvalue weighted by Crippen LogP contribution is -2.25. The number of aryl methyl sites for hydroxylation is 2. The van der Waals surface area contributed by atoms with E-state index in [1.807, 2.05) is 25.1 Å². The SMILES string of the molecule is Cc1[nH]nc(-c2ccco2)c1C(=O)NCCCc1ccccc1. The van der Waals surface area contributed by atoms with Gasteiger partial charge in [-0.05, 0) is 37.5 Å². The van der Waals surface area contributed by atoms with Crippen molar-refractivity contribution in [3.8, 4) is 11.5 Å². The molecule has 0 saturated heterocycles. The van der Waals surface area contributed by atoms with Crippen LogP contribution in [0.2, 0.25) is 0 Å². The van der Waals surface area contributed by atoms with Crippen LogP contribution >= 0.6 is 0 Å². The third kappa shape index (κ3) is 3.51. The Labute approximate surface area is 134 Å². The van der Waals surface area contributed by atoms with Crippen molar-refractivity contribution in [2.24, 2.45) is 0 Å². The van der Waals surface area contributed by atoms with Crippen molar-refractivity contribution in [1.29, 1.82) is 0 Å². The zero-order valence-electron chi connectivity index (χ0n) is 13.0. The summed E-state index contributed by atoms with van der Waals surface area (Å²) in [5, 5.41) is 9.99. The molecule has 3 aromatic rings. The molecule has 2 aromatic heterocycles. The van der Waals surface area contributed by atoms with Gasteiger partial charge in [-0.1, -0.05) is 30.3 Å². The van der Waals surface area contributed by atoms with Crippen molar-refractivity contribution in [2.75, 3.05) is 6.54 Å². The van der Waals surface area contributed by atoms with Crippen LogP contribution in [0.4, 0.5) is 0 Å². The first-order chi connectivity index (χ1) is 11.3. The summed E-state index contributed by atoms with van der Waals surface area (Å²) in [6, 6.07) is 13.8. The number of hydrogen-bond acceptors (Lipinski definition) is 3. The molecule has 0 unspecified atom stereocenters. The highest BCUT2D eigenvalue weighted by atomic mass is 16.3. The normalized spacial score (nSPS) is 10.7. The lowest BCUT2D eigenvalue weighted by molar-refractivity contribution is 0.0953. The minimum atomic E-state index is -0.129. The van der Waals surface area contributed by atoms with Gasteiger partial charge in [-0.2, -0.15) is 5.10 Å². The molecule has 0 saturated carbocycles. The van der Waals surface area contributed by atoms with Crippen LogP contribution in [0.3, 0.4) is 0 Å². The first-order valence-corrected chi connectivity index (χ1v) is 7.66. The molecule has 0 spiro atoms. The quantitative estimate of drug-likeness (QED) is 0.686. The summed E-state index contributed by atoms with van der Waals surface area (Å²) in [5.41, 5.74) is 3.10. The molecule has 0 aliphatic heterocycles. The van der Waals surface area contributed by atoms with Gasteiger partial charge in [0.15, 0.2) is 5.76 Å². The first kappa shape index (κ1) is 15.1. The van der Waals surface area contributed by atoms with Crippen LogP contribution in [0.5, 0.6) is 0 Å². The van der Waals surface area contributed by atoms with Gasteiger partial charge >= 0.3 is 0 Å². The zero-order chi connectivity index (χ0) is 16.1. The van der Waals surface area contributed by atoms with E-state index in [1.165, 1.54) is 5.56 Å². The van der Waals surface area contributed by atoms with Crippen LogP contribution in [-0.4, -0.2) is 22.6 Å². The molecule has 0 atom stereocenters. The van der Waals surface area contributed by atoms with Crippen molar-refractivity contribution in [3.05, 3.63) is 65.5 Å². The molecule has 1 amide bonds. The molecule has 2 heterocycles. The fourth-order valence-electron chi connectivity index (χ4n) is 2.53. The number of nitrogens with zero attached hydrogens (tertiary/aromatic N) is 1. The van der Waals surface area contributed by atoms with E-state index in [2.05, 4.69) is 27.6 Å². The number of furan rings is 1. The predicted molar refractivity (Wildman–Crippen MR) is 88.1 cm³/mol. The molecular formula is C18H19N3O2. The summed E-state index contributed by atoms with van der Waals surface area (Å²) >= 11 is 0. The second kappa shape index (κ2) is 6.96. The molecule has 118 valence electrons. The van der Waals surface area contributed by atoms with Crippen molar-refractivity contribution in [1.82, 2.24) is 15.5 Å². The second-order valence-corrected chi connectivity index (χ2v) is 5.39. The summed E-state index contributed by atoms with van der Waals surface area (Å²) < 4.78 is 5.34. The third-order valence-electron chi connectivity index (χ3n) is 3.70. The van der Waals surface area contributed by atoms with Crippen molar-refractivity contribution in [2.45, 2.75) is 19.8 Å². The van der Waals surface area contributed by atoms with Crippen LogP contribution in [0.1, 0.15) is 28.0 Å². The Morgan fingerprint density at radius 1 is 1.22 bits per heavy atom. The van der Waals surface area contributed by atoms with Gasteiger partial charge in [0, 0.05) is 12.2 Å². The van der Waals surface area contributed by atoms with Gasteiger partial charge in [-0.3, -0.25) is 9.89 Å². The second-order valence-electron chi connectivity index (χ2n) is 5.39. The Morgan fingerprint density at radius 3 is 2.78 bits per heavy atom. The number of nitrogens with one attached hydrogen (secondary N) is 2. The molecule has 23 heavy (non-hydrogen) atoms. The summed E-state index contributed by atoms with van der Waals surface area (Å²) in [4.78, 5) is 12.4. The zero-order valence-corrected chi connectivity index (χ0v) is 13.0. The topological polar surface area (TPSA) is 70.9 Å². The minimum absolute atomic E-state index is 0.129. The summed E-state index contributed by atoms with van der Waals surface area (Å²) in [6.07, 6.45) is 3.40. The van der Waals surface area contributed by atoms with Crippen LogP contribution in [-0.2, 0) is 6.42 Å². The number of aromatic amines is 1. The number of benzene rings is 1. The number of hydrogen-bond donors (Lipinski definition) is 2. The van der Waals surface area contributed by atoms with Gasteiger partial charge in [0.05, 0.1) is 11.8 Å². The molecule has 1 aromatic carbocycles. The van der Waals surface area contributed by atoms with E-state index in [0.29, 0.717) is 23.6 Å². The van der Waals surface area contributed by atoms with Gasteiger partial charge < -0.3 is 9.73 Å². The molecule has 0 aliphatic rings. The highest BCUT2D eigenvalue weighted by Gasteiger charge is 2.20. The van der Waals surface area contributed by atoms with Crippen molar-refractivity contribution in [3.63, 3.8) is 0 Å². The monoisotopic (exact) mass is 309 g/mol. The van der Waals surface area contributed by atoms with Crippen molar-refractivity contribution < 1.29 is 9.21 Å². The molecule has 0 fully saturated rings. The maximum absolute atomic E-state index is 12.4. The predicted octanol–water partition coefficient (Wildman–Crippen LogP) is 3.34. The maximum atomic E-state index is 12.4. The van der Waals surface area contributed by atoms with E-state index < -0.39 is 0 Å². The minimum Gasteiger partial charge on any atom is -0.463 e. The smallest absolute Gasteiger partial charge is 0.255 e. The fourth-order valence-corrected chi connectivity index (χ4v) is 2.53. The molecule has 0 bridgehead atoms. The number of amides is 1. The highest BCUT2D eigenvalue weighted by molar-refractivity contribution is 6.00. The summed E-state index contributed by atoms with van der Waals surface area (Å²) in [7, 11) is 0. The van der Waals surface area contributed by atoms with Gasteiger partial charge in [-0.15, -0.1) is 0 Å². The summed E-state index contributed by atoms with van der Waals surface area (Å²) in [5.74, 6) is 0.458. The molecule has 0 aliphatic carbocycles. The van der Waals surface area contributed by atoms with E-state index in [4.69, 9.17) is 4.42 Å². The van der Waals surface area contributed by atoms with Crippen LogP contribution in [0.25, 0.3) is 11.5 Å². The largest absolute Gasteiger partial charge is 0.463 e. The molecule has 0 radical (unpaired) electrons. The lowest BCUT2D eigenvalue weighted by Gasteiger charge is -2.06. The Morgan fingerprint density at radius 2 is 2.04 bits per heavy atom. The summed E-state index contributed by atoms with van der Waals surface area (Å²) in [6.45, 7) is 2.45. The number of carbonyl (C=O) groups excluding carboxylic acids is 1. The van der Waals surface area contributed by atoms with E-state index >= 15 is 0 Å². The van der Waals surface area contributed by atoms with Crippen LogP contribution in [0, 0.1) is 6.92 Å². The van der Waals surface area contributed by atoms with E-state index in [-0.39, 0.29) is 5.91 Å². The maximum Gasteiger partial charge on any atom is 0.255 e. The molecule has 2 N–H and O–H groups in total. The van der Waals surface area contributed by atoms with E-state index in [1.54, 1.807) is 18.4 Å².